The van der Waals surface area contributed by atoms with Crippen LogP contribution in [-0.2, 0) is 0 Å². The van der Waals surface area contributed by atoms with Crippen molar-refractivity contribution in [3.63, 3.8) is 0 Å². The first-order chi connectivity index (χ1) is 14.5. The van der Waals surface area contributed by atoms with E-state index in [0.29, 0.717) is 5.69 Å². The van der Waals surface area contributed by atoms with E-state index < -0.39 is 0 Å². The first-order valence-corrected chi connectivity index (χ1v) is 9.10. The van der Waals surface area contributed by atoms with Crippen molar-refractivity contribution >= 4 is 22.8 Å². The summed E-state index contributed by atoms with van der Waals surface area (Å²) < 4.78 is 1.56. The Morgan fingerprint density at radius 2 is 1.40 bits per heavy atom. The number of aryl methyl sites for hydroxylation is 2. The number of nitrogens with one attached hydrogen (secondary N) is 2. The first kappa shape index (κ1) is 18.8. The van der Waals surface area contributed by atoms with E-state index >= 15 is 0 Å². The van der Waals surface area contributed by atoms with Crippen LogP contribution < -0.4 is 10.8 Å². The van der Waals surface area contributed by atoms with Crippen molar-refractivity contribution in [2.24, 2.45) is 0 Å². The summed E-state index contributed by atoms with van der Waals surface area (Å²) in [6.45, 7) is 3.96. The van der Waals surface area contributed by atoms with Crippen LogP contribution in [0.4, 0.5) is 11.5 Å². The molecule has 2 aromatic carbocycles. The highest BCUT2D eigenvalue weighted by Gasteiger charge is 2.16. The van der Waals surface area contributed by atoms with Crippen molar-refractivity contribution < 1.29 is 0 Å². The van der Waals surface area contributed by atoms with Gasteiger partial charge in [0.25, 0.3) is 0 Å². The van der Waals surface area contributed by atoms with Gasteiger partial charge >= 0.3 is 0 Å². The molecule has 0 aliphatic rings. The number of aromatic nitrogens is 4. The van der Waals surface area contributed by atoms with Gasteiger partial charge < -0.3 is 5.32 Å². The quantitative estimate of drug-likeness (QED) is 0.550. The van der Waals surface area contributed by atoms with Gasteiger partial charge in [0.1, 0.15) is 12.1 Å². The standard InChI is InChI=1S/C22H16N8/c1-13-3-7-15(8-4-13)26-20-19(25)30(16-9-5-14(2)6-10-16)22-21(29-20)27-17(11-23)18(12-24)28-22/h3-10,25H,1-2H3,(H,26,27,29). The van der Waals surface area contributed by atoms with Gasteiger partial charge in [-0.1, -0.05) is 35.4 Å². The second-order valence-corrected chi connectivity index (χ2v) is 6.76. The second-order valence-electron chi connectivity index (χ2n) is 6.76. The third-order valence-electron chi connectivity index (χ3n) is 4.56. The van der Waals surface area contributed by atoms with Crippen LogP contribution in [0.25, 0.3) is 17.0 Å². The number of benzene rings is 2. The largest absolute Gasteiger partial charge is 0.337 e. The molecule has 0 atom stereocenters. The highest BCUT2D eigenvalue weighted by atomic mass is 15.2. The highest BCUT2D eigenvalue weighted by molar-refractivity contribution is 5.73. The fourth-order valence-corrected chi connectivity index (χ4v) is 2.98. The number of nitrogens with zero attached hydrogens (tertiary/aromatic N) is 6. The number of hydrogen-bond donors (Lipinski definition) is 2. The Kier molecular flexibility index (Phi) is 4.67. The molecule has 0 unspecified atom stereocenters. The number of fused-ring (bicyclic) bond motifs is 1. The summed E-state index contributed by atoms with van der Waals surface area (Å²) in [5.74, 6) is 0.259. The Labute approximate surface area is 172 Å². The third kappa shape index (κ3) is 3.34. The first-order valence-electron chi connectivity index (χ1n) is 9.10. The number of anilines is 2. The molecule has 2 N–H and O–H groups in total. The van der Waals surface area contributed by atoms with Gasteiger partial charge in [-0.2, -0.15) is 10.5 Å². The Morgan fingerprint density at radius 1 is 0.833 bits per heavy atom. The van der Waals surface area contributed by atoms with Crippen molar-refractivity contribution in [1.82, 2.24) is 19.5 Å². The smallest absolute Gasteiger partial charge is 0.199 e. The predicted molar refractivity (Wildman–Crippen MR) is 111 cm³/mol. The molecule has 0 saturated heterocycles. The maximum absolute atomic E-state index is 9.36. The number of rotatable bonds is 3. The fourth-order valence-electron chi connectivity index (χ4n) is 2.98. The Balaban J connectivity index is 2.02. The maximum Gasteiger partial charge on any atom is 0.199 e. The normalized spacial score (nSPS) is 10.4. The zero-order valence-corrected chi connectivity index (χ0v) is 16.3. The molecule has 30 heavy (non-hydrogen) atoms. The van der Waals surface area contributed by atoms with Crippen molar-refractivity contribution in [3.05, 3.63) is 76.5 Å². The molecular weight excluding hydrogens is 376 g/mol. The van der Waals surface area contributed by atoms with Crippen LogP contribution in [0, 0.1) is 41.9 Å². The van der Waals surface area contributed by atoms with Crippen molar-refractivity contribution in [2.45, 2.75) is 13.8 Å². The third-order valence-corrected chi connectivity index (χ3v) is 4.56. The molecule has 8 heteroatoms. The predicted octanol–water partition coefficient (Wildman–Crippen LogP) is 3.40. The zero-order valence-electron chi connectivity index (χ0n) is 16.3. The molecule has 8 nitrogen and oxygen atoms in total. The maximum atomic E-state index is 9.36. The lowest BCUT2D eigenvalue weighted by atomic mass is 10.2. The Hall–Kier alpha value is -4.56. The van der Waals surface area contributed by atoms with Gasteiger partial charge in [-0.25, -0.2) is 15.0 Å². The average Bonchev–Trinajstić information content (AvgIpc) is 2.76. The summed E-state index contributed by atoms with van der Waals surface area (Å²) >= 11 is 0. The van der Waals surface area contributed by atoms with Crippen LogP contribution in [0.3, 0.4) is 0 Å². The molecule has 2 heterocycles. The molecule has 0 amide bonds. The van der Waals surface area contributed by atoms with Gasteiger partial charge in [-0.15, -0.1) is 0 Å². The molecule has 144 valence electrons. The van der Waals surface area contributed by atoms with Gasteiger partial charge in [0.2, 0.25) is 0 Å². The van der Waals surface area contributed by atoms with Crippen LogP contribution in [0.5, 0.6) is 0 Å². The molecule has 4 rings (SSSR count). The lowest BCUT2D eigenvalue weighted by molar-refractivity contribution is 0.917. The topological polar surface area (TPSA) is 127 Å². The van der Waals surface area contributed by atoms with Crippen molar-refractivity contribution in [3.8, 4) is 17.8 Å². The van der Waals surface area contributed by atoms with Gasteiger partial charge in [-0.05, 0) is 38.1 Å². The minimum Gasteiger partial charge on any atom is -0.337 e. The summed E-state index contributed by atoms with van der Waals surface area (Å²) in [5.41, 5.74) is 3.85. The molecule has 0 fully saturated rings. The summed E-state index contributed by atoms with van der Waals surface area (Å²) in [6.07, 6.45) is 0. The lowest BCUT2D eigenvalue weighted by Crippen LogP contribution is -2.25. The van der Waals surface area contributed by atoms with E-state index in [1.54, 1.807) is 4.57 Å². The van der Waals surface area contributed by atoms with Crippen LogP contribution in [0.1, 0.15) is 22.5 Å². The van der Waals surface area contributed by atoms with Crippen molar-refractivity contribution in [2.75, 3.05) is 5.32 Å². The molecule has 0 aliphatic carbocycles. The van der Waals surface area contributed by atoms with Gasteiger partial charge in [0.15, 0.2) is 34.0 Å². The monoisotopic (exact) mass is 392 g/mol. The van der Waals surface area contributed by atoms with Crippen molar-refractivity contribution in [1.29, 1.82) is 15.9 Å². The van der Waals surface area contributed by atoms with Gasteiger partial charge in [-0.3, -0.25) is 9.98 Å². The number of hydrogen-bond acceptors (Lipinski definition) is 7. The molecule has 0 bridgehead atoms. The molecule has 0 saturated carbocycles. The Bertz CT molecular complexity index is 1400. The lowest BCUT2D eigenvalue weighted by Gasteiger charge is -2.14. The average molecular weight is 392 g/mol. The van der Waals surface area contributed by atoms with E-state index in [2.05, 4.69) is 20.3 Å². The zero-order chi connectivity index (χ0) is 21.3. The van der Waals surface area contributed by atoms with Crippen LogP contribution in [0.15, 0.2) is 48.5 Å². The Morgan fingerprint density at radius 3 is 2.00 bits per heavy atom. The SMILES string of the molecule is Cc1ccc(Nc2nc3nc(C#N)c(C#N)nc3n(-c3ccc(C)cc3)c2=N)cc1. The minimum absolute atomic E-state index is 0.0508. The highest BCUT2D eigenvalue weighted by Crippen LogP contribution is 2.19. The van der Waals surface area contributed by atoms with Gasteiger partial charge in [0, 0.05) is 11.4 Å². The molecule has 2 aromatic heterocycles. The fraction of sp³-hybridized carbons (Fsp3) is 0.0909. The van der Waals surface area contributed by atoms with Crippen LogP contribution >= 0.6 is 0 Å². The summed E-state index contributed by atoms with van der Waals surface area (Å²) in [4.78, 5) is 12.9. The van der Waals surface area contributed by atoms with Crippen LogP contribution in [0.2, 0.25) is 0 Å². The van der Waals surface area contributed by atoms with E-state index in [-0.39, 0.29) is 34.0 Å². The van der Waals surface area contributed by atoms with Crippen LogP contribution in [-0.4, -0.2) is 19.5 Å². The van der Waals surface area contributed by atoms with E-state index in [1.165, 1.54) is 0 Å². The summed E-state index contributed by atoms with van der Waals surface area (Å²) in [5, 5.41) is 30.6. The second kappa shape index (κ2) is 7.46. The summed E-state index contributed by atoms with van der Waals surface area (Å²) in [7, 11) is 0. The molecule has 0 spiro atoms. The van der Waals surface area contributed by atoms with E-state index in [1.807, 2.05) is 74.5 Å². The molecule has 0 aliphatic heterocycles. The minimum atomic E-state index is -0.105. The molecular formula is C22H16N8. The summed E-state index contributed by atoms with van der Waals surface area (Å²) in [6, 6.07) is 19.0. The molecule has 0 radical (unpaired) electrons. The molecule has 4 aromatic rings. The van der Waals surface area contributed by atoms with Gasteiger partial charge in [0.05, 0.1) is 0 Å². The van der Waals surface area contributed by atoms with E-state index in [0.717, 1.165) is 16.8 Å². The number of nitriles is 2. The van der Waals surface area contributed by atoms with E-state index in [4.69, 9.17) is 5.41 Å². The van der Waals surface area contributed by atoms with E-state index in [9.17, 15) is 10.5 Å².